The molecule has 0 N–H and O–H groups in total. The Labute approximate surface area is 190 Å². The third-order valence-corrected chi connectivity index (χ3v) is 7.10. The number of nitriles is 2. The minimum absolute atomic E-state index is 0.106. The van der Waals surface area contributed by atoms with Crippen LogP contribution in [-0.2, 0) is 12.6 Å². The van der Waals surface area contributed by atoms with Gasteiger partial charge in [-0.25, -0.2) is 9.50 Å². The van der Waals surface area contributed by atoms with E-state index in [2.05, 4.69) is 22.5 Å². The molecule has 1 saturated carbocycles. The summed E-state index contributed by atoms with van der Waals surface area (Å²) in [5.41, 5.74) is 3.80. The van der Waals surface area contributed by atoms with E-state index in [-0.39, 0.29) is 11.0 Å². The smallest absolute Gasteiger partial charge is 0.179 e. The summed E-state index contributed by atoms with van der Waals surface area (Å²) in [6, 6.07) is 6.22. The van der Waals surface area contributed by atoms with Crippen molar-refractivity contribution in [3.63, 3.8) is 0 Å². The first-order valence-corrected chi connectivity index (χ1v) is 10.9. The zero-order valence-corrected chi connectivity index (χ0v) is 18.3. The van der Waals surface area contributed by atoms with Crippen molar-refractivity contribution in [2.45, 2.75) is 31.2 Å². The van der Waals surface area contributed by atoms with Gasteiger partial charge in [-0.15, -0.1) is 0 Å². The lowest BCUT2D eigenvalue weighted by molar-refractivity contribution is -0.0245. The first kappa shape index (κ1) is 19.5. The fourth-order valence-electron chi connectivity index (χ4n) is 5.69. The van der Waals surface area contributed by atoms with Gasteiger partial charge in [0.15, 0.2) is 6.19 Å². The molecule has 1 spiro atoms. The molecule has 2 aliphatic rings. The number of hydrogen-bond acceptors (Lipinski definition) is 7. The quantitative estimate of drug-likeness (QED) is 0.450. The Bertz CT molecular complexity index is 1440. The van der Waals surface area contributed by atoms with Gasteiger partial charge in [0, 0.05) is 38.1 Å². The predicted molar refractivity (Wildman–Crippen MR) is 118 cm³/mol. The topological polar surface area (TPSA) is 117 Å². The van der Waals surface area contributed by atoms with Gasteiger partial charge >= 0.3 is 0 Å². The summed E-state index contributed by atoms with van der Waals surface area (Å²) in [4.78, 5) is 6.73. The first-order valence-electron chi connectivity index (χ1n) is 10.9. The third-order valence-electron chi connectivity index (χ3n) is 7.10. The average Bonchev–Trinajstić information content (AvgIpc) is 3.57. The Morgan fingerprint density at radius 2 is 2.00 bits per heavy atom. The molecule has 4 aromatic heterocycles. The summed E-state index contributed by atoms with van der Waals surface area (Å²) < 4.78 is 5.51. The van der Waals surface area contributed by atoms with Crippen LogP contribution in [0.5, 0.6) is 0 Å². The van der Waals surface area contributed by atoms with Crippen LogP contribution in [0.4, 0.5) is 0 Å². The molecule has 0 atom stereocenters. The Morgan fingerprint density at radius 1 is 1.12 bits per heavy atom. The van der Waals surface area contributed by atoms with Gasteiger partial charge < -0.3 is 4.90 Å². The fourth-order valence-corrected chi connectivity index (χ4v) is 5.69. The number of aryl methyl sites for hydroxylation is 1. The van der Waals surface area contributed by atoms with E-state index in [4.69, 9.17) is 10.1 Å². The van der Waals surface area contributed by atoms with Crippen LogP contribution >= 0.6 is 0 Å². The van der Waals surface area contributed by atoms with Gasteiger partial charge in [0.2, 0.25) is 0 Å². The number of fused-ring (bicyclic) bond motifs is 1. The summed E-state index contributed by atoms with van der Waals surface area (Å²) >= 11 is 0. The van der Waals surface area contributed by atoms with E-state index < -0.39 is 0 Å². The van der Waals surface area contributed by atoms with Crippen molar-refractivity contribution in [3.05, 3.63) is 43.1 Å². The minimum atomic E-state index is -0.340. The van der Waals surface area contributed by atoms with E-state index in [1.807, 2.05) is 58.1 Å². The highest BCUT2D eigenvalue weighted by molar-refractivity contribution is 5.77. The SMILES string of the molecule is Cn1ccc(-c2cn3nccc3c(-c3cnn(C4(CC#N)CC5(CCN(C#N)C5)C4)c3)n2)n1. The molecule has 164 valence electrons. The van der Waals surface area contributed by atoms with Crippen LogP contribution in [0.2, 0.25) is 0 Å². The highest BCUT2D eigenvalue weighted by atomic mass is 15.3. The van der Waals surface area contributed by atoms with Gasteiger partial charge in [0.25, 0.3) is 0 Å². The van der Waals surface area contributed by atoms with Crippen LogP contribution < -0.4 is 0 Å². The lowest BCUT2D eigenvalue weighted by Crippen LogP contribution is -2.54. The maximum Gasteiger partial charge on any atom is 0.179 e. The van der Waals surface area contributed by atoms with E-state index >= 15 is 0 Å². The van der Waals surface area contributed by atoms with Crippen molar-refractivity contribution in [1.82, 2.24) is 39.1 Å². The van der Waals surface area contributed by atoms with E-state index in [1.165, 1.54) is 0 Å². The molecule has 0 bridgehead atoms. The predicted octanol–water partition coefficient (Wildman–Crippen LogP) is 2.57. The highest BCUT2D eigenvalue weighted by Gasteiger charge is 2.58. The van der Waals surface area contributed by atoms with Crippen LogP contribution in [0.15, 0.2) is 43.1 Å². The van der Waals surface area contributed by atoms with E-state index in [1.54, 1.807) is 10.9 Å². The van der Waals surface area contributed by atoms with Crippen LogP contribution in [0.1, 0.15) is 25.7 Å². The number of rotatable bonds is 4. The molecule has 2 fully saturated rings. The molecule has 1 aliphatic heterocycles. The molecule has 0 amide bonds. The zero-order chi connectivity index (χ0) is 22.6. The second kappa shape index (κ2) is 6.91. The van der Waals surface area contributed by atoms with Gasteiger partial charge in [-0.1, -0.05) is 0 Å². The zero-order valence-electron chi connectivity index (χ0n) is 18.3. The maximum atomic E-state index is 9.57. The van der Waals surface area contributed by atoms with Crippen LogP contribution in [0.3, 0.4) is 0 Å². The molecule has 0 radical (unpaired) electrons. The fraction of sp³-hybridized carbons (Fsp3) is 0.391. The van der Waals surface area contributed by atoms with Gasteiger partial charge in [-0.05, 0) is 36.8 Å². The molecular weight excluding hydrogens is 416 g/mol. The summed E-state index contributed by atoms with van der Waals surface area (Å²) in [5.74, 6) is 0. The van der Waals surface area contributed by atoms with Gasteiger partial charge in [0.1, 0.15) is 11.4 Å². The molecule has 33 heavy (non-hydrogen) atoms. The monoisotopic (exact) mass is 438 g/mol. The van der Waals surface area contributed by atoms with E-state index in [0.29, 0.717) is 6.42 Å². The lowest BCUT2D eigenvalue weighted by Gasteiger charge is -2.53. The molecule has 0 aromatic carbocycles. The highest BCUT2D eigenvalue weighted by Crippen LogP contribution is 2.58. The van der Waals surface area contributed by atoms with Crippen LogP contribution in [0, 0.1) is 28.2 Å². The summed E-state index contributed by atoms with van der Waals surface area (Å²) in [6.07, 6.45) is 14.7. The van der Waals surface area contributed by atoms with Gasteiger partial charge in [-0.3, -0.25) is 9.36 Å². The Kier molecular flexibility index (Phi) is 4.08. The van der Waals surface area contributed by atoms with Crippen LogP contribution in [0.25, 0.3) is 28.2 Å². The van der Waals surface area contributed by atoms with E-state index in [9.17, 15) is 10.5 Å². The normalized spacial score (nSPS) is 24.2. The third kappa shape index (κ3) is 2.99. The molecule has 5 heterocycles. The second-order valence-corrected chi connectivity index (χ2v) is 9.37. The average molecular weight is 438 g/mol. The second-order valence-electron chi connectivity index (χ2n) is 9.37. The molecule has 10 nitrogen and oxygen atoms in total. The minimum Gasteiger partial charge on any atom is -0.310 e. The van der Waals surface area contributed by atoms with Crippen molar-refractivity contribution in [1.29, 1.82) is 10.5 Å². The van der Waals surface area contributed by atoms with Crippen LogP contribution in [-0.4, -0.2) is 52.1 Å². The van der Waals surface area contributed by atoms with Crippen molar-refractivity contribution in [2.24, 2.45) is 12.5 Å². The molecule has 10 heteroatoms. The maximum absolute atomic E-state index is 9.57. The van der Waals surface area contributed by atoms with Gasteiger partial charge in [-0.2, -0.15) is 25.8 Å². The summed E-state index contributed by atoms with van der Waals surface area (Å²) in [5, 5.41) is 32.4. The van der Waals surface area contributed by atoms with E-state index in [0.717, 1.165) is 60.5 Å². The summed E-state index contributed by atoms with van der Waals surface area (Å²) in [7, 11) is 1.88. The Morgan fingerprint density at radius 3 is 2.73 bits per heavy atom. The Balaban J connectivity index is 1.37. The number of nitrogens with zero attached hydrogens (tertiary/aromatic N) is 10. The molecule has 0 unspecified atom stereocenters. The number of hydrogen-bond donors (Lipinski definition) is 0. The molecular formula is C23H22N10. The van der Waals surface area contributed by atoms with Crippen molar-refractivity contribution in [3.8, 4) is 34.9 Å². The van der Waals surface area contributed by atoms with Crippen molar-refractivity contribution in [2.75, 3.05) is 13.1 Å². The first-order chi connectivity index (χ1) is 16.0. The van der Waals surface area contributed by atoms with Gasteiger partial charge in [0.05, 0.1) is 47.8 Å². The Hall–Kier alpha value is -4.18. The largest absolute Gasteiger partial charge is 0.310 e. The standard InChI is InChI=1S/C23H22N10/c1-30-8-3-18(29-30)19-12-32-20(2-7-26-32)21(28-19)17-10-27-33(11-17)23(4-6-24)13-22(14-23)5-9-31(15-22)16-25/h2-3,7-8,10-12H,4-5,9,13-15H2,1H3. The number of aromatic nitrogens is 7. The molecule has 1 saturated heterocycles. The summed E-state index contributed by atoms with van der Waals surface area (Å²) in [6.45, 7) is 1.57. The molecule has 6 rings (SSSR count). The van der Waals surface area contributed by atoms with Crippen molar-refractivity contribution >= 4 is 5.52 Å². The number of likely N-dealkylation sites (tertiary alicyclic amines) is 1. The lowest BCUT2D eigenvalue weighted by atomic mass is 9.56. The van der Waals surface area contributed by atoms with Crippen molar-refractivity contribution < 1.29 is 0 Å². The molecule has 1 aliphatic carbocycles. The molecule has 4 aromatic rings.